The van der Waals surface area contributed by atoms with Crippen molar-refractivity contribution in [3.63, 3.8) is 0 Å². The highest BCUT2D eigenvalue weighted by Crippen LogP contribution is 2.68. The maximum atomic E-state index is 12.1. The van der Waals surface area contributed by atoms with Gasteiger partial charge in [0.05, 0.1) is 6.61 Å². The quantitative estimate of drug-likeness (QED) is 0.517. The Balaban J connectivity index is 1.50. The molecule has 8 unspecified atom stereocenters. The first kappa shape index (κ1) is 19.8. The van der Waals surface area contributed by atoms with Gasteiger partial charge >= 0.3 is 5.97 Å². The molecule has 4 aliphatic carbocycles. The Labute approximate surface area is 167 Å². The number of rotatable bonds is 4. The fourth-order valence-electron chi connectivity index (χ4n) is 8.90. The number of carbonyl (C=O) groups is 1. The highest BCUT2D eigenvalue weighted by molar-refractivity contribution is 5.69. The normalized spacial score (nSPS) is 47.5. The molecule has 2 heteroatoms. The Morgan fingerprint density at radius 2 is 1.74 bits per heavy atom. The van der Waals surface area contributed by atoms with Crippen LogP contribution in [0.15, 0.2) is 0 Å². The Morgan fingerprint density at radius 1 is 0.963 bits per heavy atom. The van der Waals surface area contributed by atoms with Crippen LogP contribution in [0.5, 0.6) is 0 Å². The van der Waals surface area contributed by atoms with E-state index in [1.165, 1.54) is 64.2 Å². The minimum absolute atomic E-state index is 0.0148. The largest absolute Gasteiger partial charge is 0.466 e. The first-order valence-electron chi connectivity index (χ1n) is 12.1. The average Bonchev–Trinajstić information content (AvgIpc) is 2.98. The standard InChI is InChI=1S/C25H42O2/c1-5-27-23(26)16-17(2)20-11-12-21-19-10-9-18-8-6-7-14-24(18,3)22(19)13-15-25(20,21)4/h17-22H,5-16H2,1-4H3. The van der Waals surface area contributed by atoms with Gasteiger partial charge in [-0.15, -0.1) is 0 Å². The van der Waals surface area contributed by atoms with Crippen LogP contribution in [0, 0.1) is 46.3 Å². The van der Waals surface area contributed by atoms with Crippen molar-refractivity contribution in [3.05, 3.63) is 0 Å². The van der Waals surface area contributed by atoms with E-state index < -0.39 is 0 Å². The Kier molecular flexibility index (Phi) is 5.40. The van der Waals surface area contributed by atoms with Gasteiger partial charge in [-0.2, -0.15) is 0 Å². The van der Waals surface area contributed by atoms with Gasteiger partial charge in [-0.25, -0.2) is 0 Å². The van der Waals surface area contributed by atoms with Crippen LogP contribution in [0.1, 0.15) is 98.3 Å². The third kappa shape index (κ3) is 3.18. The van der Waals surface area contributed by atoms with E-state index in [1.807, 2.05) is 6.92 Å². The number of hydrogen-bond acceptors (Lipinski definition) is 2. The fraction of sp³-hybridized carbons (Fsp3) is 0.960. The molecule has 2 nitrogen and oxygen atoms in total. The zero-order valence-corrected chi connectivity index (χ0v) is 18.3. The van der Waals surface area contributed by atoms with E-state index >= 15 is 0 Å². The second-order valence-electron chi connectivity index (χ2n) is 11.1. The molecule has 4 saturated carbocycles. The van der Waals surface area contributed by atoms with Gasteiger partial charge in [-0.05, 0) is 105 Å². The molecule has 0 aromatic heterocycles. The predicted molar refractivity (Wildman–Crippen MR) is 110 cm³/mol. The smallest absolute Gasteiger partial charge is 0.306 e. The van der Waals surface area contributed by atoms with Crippen LogP contribution in [-0.4, -0.2) is 12.6 Å². The molecule has 0 amide bonds. The lowest BCUT2D eigenvalue weighted by Crippen LogP contribution is -2.53. The highest BCUT2D eigenvalue weighted by atomic mass is 16.5. The van der Waals surface area contributed by atoms with Gasteiger partial charge in [-0.3, -0.25) is 4.79 Å². The van der Waals surface area contributed by atoms with Gasteiger partial charge in [0.2, 0.25) is 0 Å². The summed E-state index contributed by atoms with van der Waals surface area (Å²) in [5.74, 6) is 5.06. The summed E-state index contributed by atoms with van der Waals surface area (Å²) < 4.78 is 5.26. The lowest BCUT2D eigenvalue weighted by Gasteiger charge is -2.60. The lowest BCUT2D eigenvalue weighted by molar-refractivity contribution is -0.145. The van der Waals surface area contributed by atoms with E-state index in [9.17, 15) is 4.79 Å². The molecule has 4 aliphatic rings. The second kappa shape index (κ2) is 7.38. The zero-order chi connectivity index (χ0) is 19.2. The summed E-state index contributed by atoms with van der Waals surface area (Å²) in [5, 5.41) is 0. The third-order valence-electron chi connectivity index (χ3n) is 10.1. The Morgan fingerprint density at radius 3 is 2.52 bits per heavy atom. The van der Waals surface area contributed by atoms with E-state index in [0.29, 0.717) is 35.7 Å². The molecule has 0 bridgehead atoms. The van der Waals surface area contributed by atoms with Crippen LogP contribution in [0.3, 0.4) is 0 Å². The first-order valence-corrected chi connectivity index (χ1v) is 12.1. The summed E-state index contributed by atoms with van der Waals surface area (Å²) in [6.45, 7) is 10.0. The molecule has 8 atom stereocenters. The highest BCUT2D eigenvalue weighted by Gasteiger charge is 2.60. The summed E-state index contributed by atoms with van der Waals surface area (Å²) in [5.41, 5.74) is 1.10. The monoisotopic (exact) mass is 374 g/mol. The van der Waals surface area contributed by atoms with Gasteiger partial charge in [0, 0.05) is 6.42 Å². The number of carbonyl (C=O) groups excluding carboxylic acids is 1. The molecule has 0 spiro atoms. The van der Waals surface area contributed by atoms with E-state index in [-0.39, 0.29) is 5.97 Å². The molecular formula is C25H42O2. The molecule has 4 rings (SSSR count). The summed E-state index contributed by atoms with van der Waals surface area (Å²) >= 11 is 0. The average molecular weight is 375 g/mol. The van der Waals surface area contributed by atoms with Crippen LogP contribution in [-0.2, 0) is 9.53 Å². The van der Waals surface area contributed by atoms with Gasteiger partial charge in [0.1, 0.15) is 0 Å². The van der Waals surface area contributed by atoms with Crippen LogP contribution >= 0.6 is 0 Å². The Bertz CT molecular complexity index is 557. The summed E-state index contributed by atoms with van der Waals surface area (Å²) in [6.07, 6.45) is 15.1. The number of hydrogen-bond donors (Lipinski definition) is 0. The molecule has 0 heterocycles. The fourth-order valence-corrected chi connectivity index (χ4v) is 8.90. The van der Waals surface area contributed by atoms with Gasteiger partial charge in [0.25, 0.3) is 0 Å². The SMILES string of the molecule is CCOC(=O)CC(C)C1CCC2C3CCC4CCCCC4(C)C3CCC12C. The summed E-state index contributed by atoms with van der Waals surface area (Å²) in [7, 11) is 0. The molecule has 0 aliphatic heterocycles. The van der Waals surface area contributed by atoms with E-state index in [4.69, 9.17) is 4.74 Å². The third-order valence-corrected chi connectivity index (χ3v) is 10.1. The van der Waals surface area contributed by atoms with Crippen molar-refractivity contribution in [3.8, 4) is 0 Å². The first-order chi connectivity index (χ1) is 12.9. The molecule has 0 aromatic rings. The van der Waals surface area contributed by atoms with Crippen molar-refractivity contribution in [1.29, 1.82) is 0 Å². The maximum Gasteiger partial charge on any atom is 0.306 e. The molecule has 4 fully saturated rings. The second-order valence-corrected chi connectivity index (χ2v) is 11.1. The summed E-state index contributed by atoms with van der Waals surface area (Å²) in [6, 6.07) is 0. The molecule has 27 heavy (non-hydrogen) atoms. The molecule has 0 aromatic carbocycles. The minimum atomic E-state index is 0.0148. The van der Waals surface area contributed by atoms with Crippen LogP contribution in [0.4, 0.5) is 0 Å². The maximum absolute atomic E-state index is 12.1. The van der Waals surface area contributed by atoms with Crippen LogP contribution < -0.4 is 0 Å². The number of ether oxygens (including phenoxy) is 1. The van der Waals surface area contributed by atoms with Crippen molar-refractivity contribution in [2.75, 3.05) is 6.61 Å². The summed E-state index contributed by atoms with van der Waals surface area (Å²) in [4.78, 5) is 12.1. The lowest BCUT2D eigenvalue weighted by atomic mass is 9.44. The van der Waals surface area contributed by atoms with Gasteiger partial charge in [0.15, 0.2) is 0 Å². The minimum Gasteiger partial charge on any atom is -0.466 e. The van der Waals surface area contributed by atoms with Crippen molar-refractivity contribution in [2.45, 2.75) is 98.3 Å². The van der Waals surface area contributed by atoms with Crippen LogP contribution in [0.2, 0.25) is 0 Å². The molecule has 154 valence electrons. The van der Waals surface area contributed by atoms with E-state index in [2.05, 4.69) is 20.8 Å². The topological polar surface area (TPSA) is 26.3 Å². The van der Waals surface area contributed by atoms with E-state index in [1.54, 1.807) is 0 Å². The van der Waals surface area contributed by atoms with Crippen molar-refractivity contribution in [2.24, 2.45) is 46.3 Å². The Hall–Kier alpha value is -0.530. The molecule has 0 radical (unpaired) electrons. The number of fused-ring (bicyclic) bond motifs is 5. The van der Waals surface area contributed by atoms with E-state index in [0.717, 1.165) is 23.7 Å². The van der Waals surface area contributed by atoms with Crippen molar-refractivity contribution < 1.29 is 9.53 Å². The van der Waals surface area contributed by atoms with Crippen molar-refractivity contribution in [1.82, 2.24) is 0 Å². The van der Waals surface area contributed by atoms with Crippen molar-refractivity contribution >= 4 is 5.97 Å². The molecule has 0 N–H and O–H groups in total. The predicted octanol–water partition coefficient (Wildman–Crippen LogP) is 6.62. The number of esters is 1. The van der Waals surface area contributed by atoms with Gasteiger partial charge in [-0.1, -0.05) is 33.6 Å². The molecule has 0 saturated heterocycles. The zero-order valence-electron chi connectivity index (χ0n) is 18.3. The molecular weight excluding hydrogens is 332 g/mol. The van der Waals surface area contributed by atoms with Gasteiger partial charge < -0.3 is 4.74 Å². The van der Waals surface area contributed by atoms with Crippen LogP contribution in [0.25, 0.3) is 0 Å².